The molecule has 43 valence electrons. The third-order valence-corrected chi connectivity index (χ3v) is 1.02. The van der Waals surface area contributed by atoms with Gasteiger partial charge in [0.1, 0.15) is 0 Å². The first-order chi connectivity index (χ1) is 4.47. The average Bonchev–Trinajstić information content (AvgIpc) is 2.33. The molecule has 0 saturated carbocycles. The summed E-state index contributed by atoms with van der Waals surface area (Å²) in [6.45, 7) is 0. The molecule has 0 atom stereocenters. The van der Waals surface area contributed by atoms with Gasteiger partial charge in [-0.25, -0.2) is 9.50 Å². The van der Waals surface area contributed by atoms with Crippen LogP contribution in [-0.4, -0.2) is 19.8 Å². The van der Waals surface area contributed by atoms with Gasteiger partial charge in [-0.2, -0.15) is 0 Å². The molecule has 1 radical (unpaired) electrons. The molecule has 4 heteroatoms. The summed E-state index contributed by atoms with van der Waals surface area (Å²) in [4.78, 5) is 3.92. The first kappa shape index (κ1) is 4.43. The van der Waals surface area contributed by atoms with E-state index in [0.717, 1.165) is 5.65 Å². The molecule has 0 aliphatic rings. The predicted molar refractivity (Wildman–Crippen MR) is 29.6 cm³/mol. The van der Waals surface area contributed by atoms with Crippen LogP contribution in [0, 0.1) is 6.07 Å². The molecule has 2 aromatic heterocycles. The van der Waals surface area contributed by atoms with Crippen molar-refractivity contribution in [1.29, 1.82) is 0 Å². The maximum Gasteiger partial charge on any atom is 0.175 e. The van der Waals surface area contributed by atoms with Crippen LogP contribution >= 0.6 is 0 Å². The Morgan fingerprint density at radius 2 is 2.56 bits per heavy atom. The van der Waals surface area contributed by atoms with Crippen molar-refractivity contribution in [3.63, 3.8) is 0 Å². The van der Waals surface area contributed by atoms with Crippen LogP contribution in [0.4, 0.5) is 0 Å². The molecule has 0 aromatic carbocycles. The summed E-state index contributed by atoms with van der Waals surface area (Å²) in [6, 6.07) is 2.77. The van der Waals surface area contributed by atoms with E-state index in [1.54, 1.807) is 23.1 Å². The Balaban J connectivity index is 2.95. The largest absolute Gasteiger partial charge is 0.235 e. The highest BCUT2D eigenvalue weighted by Crippen LogP contribution is 1.89. The van der Waals surface area contributed by atoms with E-state index in [2.05, 4.69) is 21.4 Å². The Kier molecular flexibility index (Phi) is 0.745. The van der Waals surface area contributed by atoms with E-state index in [1.807, 2.05) is 0 Å². The van der Waals surface area contributed by atoms with Crippen molar-refractivity contribution < 1.29 is 0 Å². The first-order valence-corrected chi connectivity index (χ1v) is 2.49. The molecule has 4 nitrogen and oxygen atoms in total. The maximum atomic E-state index is 3.92. The number of aromatic nitrogens is 4. The molecule has 0 spiro atoms. The summed E-state index contributed by atoms with van der Waals surface area (Å²) in [5, 5.41) is 7.32. The summed E-state index contributed by atoms with van der Waals surface area (Å²) in [7, 11) is 0. The molecule has 0 aliphatic heterocycles. The third-order valence-electron chi connectivity index (χ3n) is 1.02. The summed E-state index contributed by atoms with van der Waals surface area (Å²) < 4.78 is 1.56. The van der Waals surface area contributed by atoms with E-state index in [4.69, 9.17) is 0 Å². The second kappa shape index (κ2) is 1.51. The molecule has 0 N–H and O–H groups in total. The Morgan fingerprint density at radius 1 is 1.56 bits per heavy atom. The average molecular weight is 119 g/mol. The fourth-order valence-electron chi connectivity index (χ4n) is 0.630. The molecule has 2 heterocycles. The quantitative estimate of drug-likeness (QED) is 0.487. The summed E-state index contributed by atoms with van der Waals surface area (Å²) >= 11 is 0. The van der Waals surface area contributed by atoms with Crippen molar-refractivity contribution in [3.8, 4) is 0 Å². The van der Waals surface area contributed by atoms with Crippen LogP contribution in [0.3, 0.4) is 0 Å². The Hall–Kier alpha value is -1.45. The maximum absolute atomic E-state index is 3.92. The topological polar surface area (TPSA) is 43.1 Å². The van der Waals surface area contributed by atoms with Gasteiger partial charge in [0.15, 0.2) is 5.65 Å². The third kappa shape index (κ3) is 0.561. The lowest BCUT2D eigenvalue weighted by Gasteiger charge is -1.83. The predicted octanol–water partition coefficient (Wildman–Crippen LogP) is -0.0755. The molecule has 0 aliphatic carbocycles. The second-order valence-electron chi connectivity index (χ2n) is 1.59. The van der Waals surface area contributed by atoms with Crippen molar-refractivity contribution >= 4 is 5.65 Å². The number of nitrogens with zero attached hydrogens (tertiary/aromatic N) is 4. The van der Waals surface area contributed by atoms with Gasteiger partial charge in [-0.15, -0.1) is 5.10 Å². The van der Waals surface area contributed by atoms with Gasteiger partial charge in [-0.05, 0) is 0 Å². The number of hydrogen-bond acceptors (Lipinski definition) is 3. The van der Waals surface area contributed by atoms with Gasteiger partial charge in [-0.1, -0.05) is 5.21 Å². The fraction of sp³-hybridized carbons (Fsp3) is 0. The number of fused-ring (bicyclic) bond motifs is 1. The van der Waals surface area contributed by atoms with Gasteiger partial charge in [0.05, 0.1) is 6.20 Å². The number of hydrogen-bond donors (Lipinski definition) is 0. The van der Waals surface area contributed by atoms with Crippen LogP contribution in [0.5, 0.6) is 0 Å². The molecule has 0 bridgehead atoms. The van der Waals surface area contributed by atoms with E-state index in [-0.39, 0.29) is 0 Å². The highest BCUT2D eigenvalue weighted by Gasteiger charge is 1.88. The molecule has 2 rings (SSSR count). The van der Waals surface area contributed by atoms with Gasteiger partial charge in [0.25, 0.3) is 0 Å². The van der Waals surface area contributed by atoms with E-state index < -0.39 is 0 Å². The SMILES string of the molecule is [c]1cnc2cnnn2c1. The Bertz CT molecular complexity index is 283. The van der Waals surface area contributed by atoms with Crippen molar-refractivity contribution in [2.24, 2.45) is 0 Å². The molecule has 2 aromatic rings. The highest BCUT2D eigenvalue weighted by atomic mass is 15.4. The Labute approximate surface area is 51.1 Å². The van der Waals surface area contributed by atoms with Gasteiger partial charge in [-0.3, -0.25) is 0 Å². The molecule has 0 saturated heterocycles. The molecular weight excluding hydrogens is 116 g/mol. The minimum atomic E-state index is 0.744. The van der Waals surface area contributed by atoms with Crippen LogP contribution in [0.15, 0.2) is 18.6 Å². The highest BCUT2D eigenvalue weighted by molar-refractivity contribution is 5.30. The Morgan fingerprint density at radius 3 is 3.44 bits per heavy atom. The van der Waals surface area contributed by atoms with E-state index in [9.17, 15) is 0 Å². The zero-order chi connectivity index (χ0) is 6.10. The lowest BCUT2D eigenvalue weighted by Crippen LogP contribution is -1.86. The van der Waals surface area contributed by atoms with Crippen LogP contribution < -0.4 is 0 Å². The monoisotopic (exact) mass is 119 g/mol. The van der Waals surface area contributed by atoms with Crippen LogP contribution in [-0.2, 0) is 0 Å². The van der Waals surface area contributed by atoms with Crippen molar-refractivity contribution in [2.75, 3.05) is 0 Å². The van der Waals surface area contributed by atoms with Gasteiger partial charge in [0.2, 0.25) is 0 Å². The summed E-state index contributed by atoms with van der Waals surface area (Å²) in [6.07, 6.45) is 4.85. The second-order valence-corrected chi connectivity index (χ2v) is 1.59. The van der Waals surface area contributed by atoms with Crippen molar-refractivity contribution in [1.82, 2.24) is 19.8 Å². The molecule has 0 amide bonds. The lowest BCUT2D eigenvalue weighted by atomic mass is 10.6. The zero-order valence-electron chi connectivity index (χ0n) is 4.52. The van der Waals surface area contributed by atoms with Gasteiger partial charge in [0, 0.05) is 18.5 Å². The minimum Gasteiger partial charge on any atom is -0.235 e. The smallest absolute Gasteiger partial charge is 0.175 e. The van der Waals surface area contributed by atoms with E-state index in [1.165, 1.54) is 0 Å². The van der Waals surface area contributed by atoms with Crippen LogP contribution in [0.25, 0.3) is 5.65 Å². The lowest BCUT2D eigenvalue weighted by molar-refractivity contribution is 0.845. The van der Waals surface area contributed by atoms with Crippen LogP contribution in [0.1, 0.15) is 0 Å². The van der Waals surface area contributed by atoms with Gasteiger partial charge >= 0.3 is 0 Å². The van der Waals surface area contributed by atoms with Crippen LogP contribution in [0.2, 0.25) is 0 Å². The fourth-order valence-corrected chi connectivity index (χ4v) is 0.630. The summed E-state index contributed by atoms with van der Waals surface area (Å²) in [5.74, 6) is 0. The molecule has 9 heavy (non-hydrogen) atoms. The summed E-state index contributed by atoms with van der Waals surface area (Å²) in [5.41, 5.74) is 0.744. The molecule has 0 unspecified atom stereocenters. The molecule has 0 fully saturated rings. The standard InChI is InChI=1S/C5H3N4/c1-2-6-5-4-7-8-9(5)3-1/h2-4H. The van der Waals surface area contributed by atoms with Crippen molar-refractivity contribution in [2.45, 2.75) is 0 Å². The first-order valence-electron chi connectivity index (χ1n) is 2.49. The number of rotatable bonds is 0. The minimum absolute atomic E-state index is 0.744. The normalized spacial score (nSPS) is 10.2. The van der Waals surface area contributed by atoms with Gasteiger partial charge < -0.3 is 0 Å². The van der Waals surface area contributed by atoms with Crippen molar-refractivity contribution in [3.05, 3.63) is 24.7 Å². The zero-order valence-corrected chi connectivity index (χ0v) is 4.52. The molecular formula is C5H3N4. The van der Waals surface area contributed by atoms with E-state index >= 15 is 0 Å². The van der Waals surface area contributed by atoms with E-state index in [0.29, 0.717) is 0 Å².